The van der Waals surface area contributed by atoms with E-state index >= 15 is 0 Å². The van der Waals surface area contributed by atoms with Crippen molar-refractivity contribution in [3.8, 4) is 0 Å². The van der Waals surface area contributed by atoms with Gasteiger partial charge in [0, 0.05) is 27.1 Å². The lowest BCUT2D eigenvalue weighted by atomic mass is 9.88. The Hall–Kier alpha value is -0.160. The van der Waals surface area contributed by atoms with Crippen molar-refractivity contribution in [2.24, 2.45) is 17.4 Å². The van der Waals surface area contributed by atoms with Gasteiger partial charge in [0.1, 0.15) is 0 Å². The largest absolute Gasteiger partial charge is 0.353 e. The maximum atomic E-state index is 5.78. The Morgan fingerprint density at radius 1 is 0.857 bits per heavy atom. The number of hydrogen-bond acceptors (Lipinski definition) is 4. The van der Waals surface area contributed by atoms with E-state index in [9.17, 15) is 0 Å². The SMILES string of the molecule is CCCCCCCC(CCN)CC(CCCN)(OC)OC. The molecule has 4 nitrogen and oxygen atoms in total. The van der Waals surface area contributed by atoms with Gasteiger partial charge < -0.3 is 20.9 Å². The topological polar surface area (TPSA) is 70.5 Å². The van der Waals surface area contributed by atoms with E-state index in [-0.39, 0.29) is 0 Å². The third-order valence-corrected chi connectivity index (χ3v) is 4.40. The first-order valence-electron chi connectivity index (χ1n) is 8.68. The van der Waals surface area contributed by atoms with Crippen LogP contribution in [0.3, 0.4) is 0 Å². The molecule has 0 spiro atoms. The molecule has 0 saturated carbocycles. The van der Waals surface area contributed by atoms with Crippen molar-refractivity contribution in [1.29, 1.82) is 0 Å². The summed E-state index contributed by atoms with van der Waals surface area (Å²) in [4.78, 5) is 0. The molecule has 0 heterocycles. The van der Waals surface area contributed by atoms with Crippen LogP contribution in [0.2, 0.25) is 0 Å². The lowest BCUT2D eigenvalue weighted by molar-refractivity contribution is -0.222. The van der Waals surface area contributed by atoms with Gasteiger partial charge in [-0.25, -0.2) is 0 Å². The summed E-state index contributed by atoms with van der Waals surface area (Å²) in [6.45, 7) is 3.66. The molecule has 4 heteroatoms. The maximum Gasteiger partial charge on any atom is 0.167 e. The molecule has 0 aromatic carbocycles. The third-order valence-electron chi connectivity index (χ3n) is 4.40. The average molecular weight is 303 g/mol. The second-order valence-electron chi connectivity index (χ2n) is 6.06. The molecule has 0 saturated heterocycles. The molecule has 0 fully saturated rings. The van der Waals surface area contributed by atoms with Gasteiger partial charge in [0.05, 0.1) is 0 Å². The summed E-state index contributed by atoms with van der Waals surface area (Å²) in [5.41, 5.74) is 11.4. The molecule has 0 bridgehead atoms. The highest BCUT2D eigenvalue weighted by Gasteiger charge is 2.31. The molecule has 0 rings (SSSR count). The van der Waals surface area contributed by atoms with Crippen molar-refractivity contribution >= 4 is 0 Å². The fraction of sp³-hybridized carbons (Fsp3) is 1.00. The zero-order chi connectivity index (χ0) is 16.0. The molecule has 1 atom stereocenters. The Morgan fingerprint density at radius 3 is 2.05 bits per heavy atom. The summed E-state index contributed by atoms with van der Waals surface area (Å²) in [5.74, 6) is 0.0945. The number of hydrogen-bond donors (Lipinski definition) is 2. The smallest absolute Gasteiger partial charge is 0.167 e. The molecule has 0 radical (unpaired) electrons. The standard InChI is InChI=1S/C17H38N2O2/c1-4-5-6-7-8-10-16(11-14-19)15-17(20-2,21-3)12-9-13-18/h16H,4-15,18-19H2,1-3H3. The highest BCUT2D eigenvalue weighted by atomic mass is 16.7. The average Bonchev–Trinajstić information content (AvgIpc) is 2.51. The lowest BCUT2D eigenvalue weighted by Gasteiger charge is -2.34. The predicted octanol–water partition coefficient (Wildman–Crippen LogP) is 3.43. The van der Waals surface area contributed by atoms with E-state index in [2.05, 4.69) is 6.92 Å². The van der Waals surface area contributed by atoms with Gasteiger partial charge in [0.2, 0.25) is 0 Å². The quantitative estimate of drug-likeness (QED) is 0.359. The molecular formula is C17H38N2O2. The number of nitrogens with two attached hydrogens (primary N) is 2. The Kier molecular flexibility index (Phi) is 13.4. The third kappa shape index (κ3) is 9.46. The van der Waals surface area contributed by atoms with E-state index in [0.29, 0.717) is 12.5 Å². The number of ether oxygens (including phenoxy) is 2. The van der Waals surface area contributed by atoms with E-state index in [1.165, 1.54) is 38.5 Å². The number of methoxy groups -OCH3 is 2. The first-order chi connectivity index (χ1) is 10.2. The van der Waals surface area contributed by atoms with Gasteiger partial charge in [-0.1, -0.05) is 45.4 Å². The van der Waals surface area contributed by atoms with Crippen molar-refractivity contribution in [3.05, 3.63) is 0 Å². The van der Waals surface area contributed by atoms with Crippen molar-refractivity contribution in [3.63, 3.8) is 0 Å². The minimum atomic E-state index is -0.484. The van der Waals surface area contributed by atoms with Crippen LogP contribution in [-0.4, -0.2) is 33.1 Å². The molecular weight excluding hydrogens is 264 g/mol. The van der Waals surface area contributed by atoms with Crippen LogP contribution in [0.15, 0.2) is 0 Å². The molecule has 0 aliphatic carbocycles. The summed E-state index contributed by atoms with van der Waals surface area (Å²) < 4.78 is 11.4. The summed E-state index contributed by atoms with van der Waals surface area (Å²) in [5, 5.41) is 0. The summed E-state index contributed by atoms with van der Waals surface area (Å²) in [7, 11) is 3.47. The van der Waals surface area contributed by atoms with E-state index in [4.69, 9.17) is 20.9 Å². The van der Waals surface area contributed by atoms with Crippen LogP contribution in [0.25, 0.3) is 0 Å². The van der Waals surface area contributed by atoms with Crippen molar-refractivity contribution in [2.75, 3.05) is 27.3 Å². The lowest BCUT2D eigenvalue weighted by Crippen LogP contribution is -2.37. The van der Waals surface area contributed by atoms with Crippen LogP contribution in [-0.2, 0) is 9.47 Å². The van der Waals surface area contributed by atoms with E-state index < -0.39 is 5.79 Å². The zero-order valence-electron chi connectivity index (χ0n) is 14.5. The molecule has 21 heavy (non-hydrogen) atoms. The zero-order valence-corrected chi connectivity index (χ0v) is 14.5. The second kappa shape index (κ2) is 13.5. The minimum absolute atomic E-state index is 0.484. The van der Waals surface area contributed by atoms with Crippen LogP contribution in [0, 0.1) is 5.92 Å². The van der Waals surface area contributed by atoms with Crippen LogP contribution in [0.1, 0.15) is 71.1 Å². The van der Waals surface area contributed by atoms with Gasteiger partial charge in [-0.2, -0.15) is 0 Å². The summed E-state index contributed by atoms with van der Waals surface area (Å²) in [6, 6.07) is 0. The van der Waals surface area contributed by atoms with Gasteiger partial charge >= 0.3 is 0 Å². The Morgan fingerprint density at radius 2 is 1.52 bits per heavy atom. The fourth-order valence-electron chi connectivity index (χ4n) is 2.99. The van der Waals surface area contributed by atoms with Crippen LogP contribution >= 0.6 is 0 Å². The second-order valence-corrected chi connectivity index (χ2v) is 6.06. The Labute approximate surface area is 131 Å². The molecule has 0 aliphatic heterocycles. The first kappa shape index (κ1) is 20.8. The Bertz CT molecular complexity index is 221. The first-order valence-corrected chi connectivity index (χ1v) is 8.68. The highest BCUT2D eigenvalue weighted by molar-refractivity contribution is 4.75. The van der Waals surface area contributed by atoms with Crippen LogP contribution in [0.4, 0.5) is 0 Å². The van der Waals surface area contributed by atoms with E-state index in [1.54, 1.807) is 14.2 Å². The molecule has 4 N–H and O–H groups in total. The van der Waals surface area contributed by atoms with Crippen LogP contribution in [0.5, 0.6) is 0 Å². The number of unbranched alkanes of at least 4 members (excludes halogenated alkanes) is 4. The van der Waals surface area contributed by atoms with Gasteiger partial charge in [-0.15, -0.1) is 0 Å². The molecule has 0 amide bonds. The van der Waals surface area contributed by atoms with Crippen molar-refractivity contribution in [2.45, 2.75) is 76.9 Å². The van der Waals surface area contributed by atoms with Gasteiger partial charge in [0.25, 0.3) is 0 Å². The van der Waals surface area contributed by atoms with E-state index in [1.807, 2.05) is 0 Å². The summed E-state index contributed by atoms with van der Waals surface area (Å²) >= 11 is 0. The predicted molar refractivity (Wildman–Crippen MR) is 90.2 cm³/mol. The molecule has 1 unspecified atom stereocenters. The van der Waals surface area contributed by atoms with Gasteiger partial charge in [0.15, 0.2) is 5.79 Å². The normalized spacial score (nSPS) is 13.6. The highest BCUT2D eigenvalue weighted by Crippen LogP contribution is 2.31. The van der Waals surface area contributed by atoms with Gasteiger partial charge in [-0.05, 0) is 31.8 Å². The maximum absolute atomic E-state index is 5.78. The minimum Gasteiger partial charge on any atom is -0.353 e. The molecule has 128 valence electrons. The molecule has 0 aromatic heterocycles. The van der Waals surface area contributed by atoms with Crippen molar-refractivity contribution < 1.29 is 9.47 Å². The fourth-order valence-corrected chi connectivity index (χ4v) is 2.99. The van der Waals surface area contributed by atoms with Gasteiger partial charge in [-0.3, -0.25) is 0 Å². The molecule has 0 aliphatic rings. The number of rotatable bonds is 15. The Balaban J connectivity index is 4.33. The van der Waals surface area contributed by atoms with E-state index in [0.717, 1.165) is 32.2 Å². The van der Waals surface area contributed by atoms with Crippen molar-refractivity contribution in [1.82, 2.24) is 0 Å². The molecule has 0 aromatic rings. The van der Waals surface area contributed by atoms with Crippen LogP contribution < -0.4 is 11.5 Å². The monoisotopic (exact) mass is 302 g/mol. The summed E-state index contributed by atoms with van der Waals surface area (Å²) in [6.07, 6.45) is 11.6.